The van der Waals surface area contributed by atoms with Gasteiger partial charge < -0.3 is 0 Å². The summed E-state index contributed by atoms with van der Waals surface area (Å²) in [4.78, 5) is 0. The van der Waals surface area contributed by atoms with E-state index in [1.165, 1.54) is 16.8 Å². The van der Waals surface area contributed by atoms with E-state index in [4.69, 9.17) is 0 Å². The van der Waals surface area contributed by atoms with E-state index in [0.29, 0.717) is 0 Å². The molecule has 0 saturated heterocycles. The normalized spacial score (nSPS) is 12.3. The number of fused-ring (bicyclic) bond motifs is 1. The van der Waals surface area contributed by atoms with Crippen LogP contribution in [0.15, 0.2) is 60.0 Å². The zero-order chi connectivity index (χ0) is 15.6. The Kier molecular flexibility index (Phi) is 4.08. The molecule has 0 radical (unpaired) electrons. The van der Waals surface area contributed by atoms with Crippen LogP contribution in [0.1, 0.15) is 23.1 Å². The lowest BCUT2D eigenvalue weighted by atomic mass is 10.0. The fraction of sp³-hybridized carbons (Fsp3) is 0.158. The van der Waals surface area contributed by atoms with Crippen molar-refractivity contribution in [3.8, 4) is 0 Å². The molecule has 0 aliphatic rings. The van der Waals surface area contributed by atoms with Gasteiger partial charge in [0.2, 0.25) is 0 Å². The van der Waals surface area contributed by atoms with Crippen LogP contribution in [-0.4, -0.2) is 0 Å². The molecule has 3 aromatic rings. The van der Waals surface area contributed by atoms with Crippen LogP contribution in [0, 0.1) is 6.92 Å². The van der Waals surface area contributed by atoms with Crippen molar-refractivity contribution in [2.75, 3.05) is 0 Å². The minimum atomic E-state index is -2.84. The van der Waals surface area contributed by atoms with Crippen molar-refractivity contribution in [1.29, 1.82) is 0 Å². The Hall–Kier alpha value is -2.00. The molecule has 112 valence electrons. The molecule has 0 spiro atoms. The summed E-state index contributed by atoms with van der Waals surface area (Å²) in [6.07, 6.45) is 3.06. The van der Waals surface area contributed by atoms with E-state index in [9.17, 15) is 8.78 Å². The Balaban J connectivity index is 1.77. The van der Waals surface area contributed by atoms with Crippen LogP contribution < -0.4 is 0 Å². The molecule has 0 unspecified atom stereocenters. The quantitative estimate of drug-likeness (QED) is 0.522. The van der Waals surface area contributed by atoms with Gasteiger partial charge in [-0.2, -0.15) is 0 Å². The highest BCUT2D eigenvalue weighted by Crippen LogP contribution is 2.33. The third-order valence-electron chi connectivity index (χ3n) is 3.66. The van der Waals surface area contributed by atoms with Gasteiger partial charge in [-0.05, 0) is 29.3 Å². The summed E-state index contributed by atoms with van der Waals surface area (Å²) in [5, 5.41) is 3.12. The highest BCUT2D eigenvalue weighted by Gasteiger charge is 2.29. The second-order valence-corrected chi connectivity index (χ2v) is 6.28. The molecular weight excluding hydrogens is 298 g/mol. The maximum atomic E-state index is 14.2. The maximum Gasteiger partial charge on any atom is 0.276 e. The van der Waals surface area contributed by atoms with Gasteiger partial charge in [-0.1, -0.05) is 60.2 Å². The number of benzene rings is 2. The minimum Gasteiger partial charge on any atom is -0.201 e. The van der Waals surface area contributed by atoms with Gasteiger partial charge in [0.05, 0.1) is 0 Å². The summed E-state index contributed by atoms with van der Waals surface area (Å²) in [6.45, 7) is 1.89. The van der Waals surface area contributed by atoms with Gasteiger partial charge in [0.25, 0.3) is 5.92 Å². The van der Waals surface area contributed by atoms with Crippen molar-refractivity contribution in [1.82, 2.24) is 0 Å². The molecule has 0 amide bonds. The second kappa shape index (κ2) is 6.01. The van der Waals surface area contributed by atoms with E-state index in [2.05, 4.69) is 0 Å². The van der Waals surface area contributed by atoms with Crippen LogP contribution in [0.4, 0.5) is 8.78 Å². The molecular formula is C19H16F2S. The standard InChI is InChI=1S/C19H16F2S/c1-14-8-10-16(11-9-14)19(20,21)12-4-5-15-13-22-18-7-3-2-6-17(15)18/h2-11,13H,12H2,1H3/b5-4+. The van der Waals surface area contributed by atoms with Gasteiger partial charge >= 0.3 is 0 Å². The molecule has 0 atom stereocenters. The van der Waals surface area contributed by atoms with Crippen LogP contribution in [0.3, 0.4) is 0 Å². The lowest BCUT2D eigenvalue weighted by Gasteiger charge is -2.14. The molecule has 3 heteroatoms. The van der Waals surface area contributed by atoms with E-state index in [1.807, 2.05) is 36.6 Å². The summed E-state index contributed by atoms with van der Waals surface area (Å²) >= 11 is 1.63. The topological polar surface area (TPSA) is 0 Å². The minimum absolute atomic E-state index is 0.0675. The Morgan fingerprint density at radius 2 is 1.77 bits per heavy atom. The SMILES string of the molecule is Cc1ccc(C(F)(F)C/C=C/c2csc3ccccc23)cc1. The van der Waals surface area contributed by atoms with E-state index in [1.54, 1.807) is 35.6 Å². The molecule has 0 aliphatic heterocycles. The molecule has 0 N–H and O–H groups in total. The smallest absolute Gasteiger partial charge is 0.201 e. The first-order valence-corrected chi connectivity index (χ1v) is 8.02. The second-order valence-electron chi connectivity index (χ2n) is 5.36. The monoisotopic (exact) mass is 314 g/mol. The van der Waals surface area contributed by atoms with Crippen molar-refractivity contribution < 1.29 is 8.78 Å². The third-order valence-corrected chi connectivity index (χ3v) is 4.64. The first-order chi connectivity index (χ1) is 10.6. The predicted molar refractivity (Wildman–Crippen MR) is 90.5 cm³/mol. The molecule has 22 heavy (non-hydrogen) atoms. The first-order valence-electron chi connectivity index (χ1n) is 7.14. The number of allylic oxidation sites excluding steroid dienone is 1. The number of rotatable bonds is 4. The summed E-state index contributed by atoms with van der Waals surface area (Å²) < 4.78 is 29.5. The maximum absolute atomic E-state index is 14.2. The zero-order valence-electron chi connectivity index (χ0n) is 12.2. The third kappa shape index (κ3) is 3.09. The number of alkyl halides is 2. The molecule has 1 heterocycles. The summed E-state index contributed by atoms with van der Waals surface area (Å²) in [6, 6.07) is 14.5. The molecule has 3 rings (SSSR count). The van der Waals surface area contributed by atoms with Crippen LogP contribution in [0.25, 0.3) is 16.2 Å². The summed E-state index contributed by atoms with van der Waals surface area (Å²) in [7, 11) is 0. The van der Waals surface area contributed by atoms with Crippen LogP contribution in [0.2, 0.25) is 0 Å². The van der Waals surface area contributed by atoms with Crippen molar-refractivity contribution in [2.45, 2.75) is 19.3 Å². The predicted octanol–water partition coefficient (Wildman–Crippen LogP) is 6.41. The van der Waals surface area contributed by atoms with Gasteiger partial charge in [-0.15, -0.1) is 11.3 Å². The Morgan fingerprint density at radius 3 is 2.55 bits per heavy atom. The average Bonchev–Trinajstić information content (AvgIpc) is 2.91. The van der Waals surface area contributed by atoms with E-state index >= 15 is 0 Å². The fourth-order valence-corrected chi connectivity index (χ4v) is 3.31. The molecule has 1 aromatic heterocycles. The Labute approximate surface area is 132 Å². The van der Waals surface area contributed by atoms with Crippen molar-refractivity contribution >= 4 is 27.5 Å². The molecule has 0 fully saturated rings. The molecule has 2 aromatic carbocycles. The highest BCUT2D eigenvalue weighted by atomic mass is 32.1. The number of halogens is 2. The fourth-order valence-electron chi connectivity index (χ4n) is 2.38. The van der Waals surface area contributed by atoms with E-state index < -0.39 is 5.92 Å². The van der Waals surface area contributed by atoms with Gasteiger partial charge in [-0.25, -0.2) is 8.78 Å². The first kappa shape index (κ1) is 14.9. The van der Waals surface area contributed by atoms with E-state index in [-0.39, 0.29) is 12.0 Å². The van der Waals surface area contributed by atoms with E-state index in [0.717, 1.165) is 16.5 Å². The van der Waals surface area contributed by atoms with Gasteiger partial charge in [-0.3, -0.25) is 0 Å². The number of aryl methyl sites for hydroxylation is 1. The largest absolute Gasteiger partial charge is 0.276 e. The molecule has 0 bridgehead atoms. The highest BCUT2D eigenvalue weighted by molar-refractivity contribution is 7.17. The number of hydrogen-bond acceptors (Lipinski definition) is 1. The molecule has 0 saturated carbocycles. The van der Waals surface area contributed by atoms with Crippen molar-refractivity contribution in [2.24, 2.45) is 0 Å². The average molecular weight is 314 g/mol. The summed E-state index contributed by atoms with van der Waals surface area (Å²) in [5.74, 6) is -2.84. The van der Waals surface area contributed by atoms with Crippen LogP contribution >= 0.6 is 11.3 Å². The molecule has 0 aliphatic carbocycles. The van der Waals surface area contributed by atoms with Crippen LogP contribution in [-0.2, 0) is 5.92 Å². The Bertz CT molecular complexity index is 798. The number of hydrogen-bond donors (Lipinski definition) is 0. The van der Waals surface area contributed by atoms with Crippen molar-refractivity contribution in [3.63, 3.8) is 0 Å². The van der Waals surface area contributed by atoms with Gasteiger partial charge in [0.15, 0.2) is 0 Å². The van der Waals surface area contributed by atoms with Gasteiger partial charge in [0, 0.05) is 16.7 Å². The lowest BCUT2D eigenvalue weighted by molar-refractivity contribution is -0.000759. The van der Waals surface area contributed by atoms with Crippen LogP contribution in [0.5, 0.6) is 0 Å². The lowest BCUT2D eigenvalue weighted by Crippen LogP contribution is -2.11. The van der Waals surface area contributed by atoms with Gasteiger partial charge in [0.1, 0.15) is 0 Å². The number of thiophene rings is 1. The Morgan fingerprint density at radius 1 is 1.05 bits per heavy atom. The van der Waals surface area contributed by atoms with Crippen molar-refractivity contribution in [3.05, 3.63) is 76.7 Å². The zero-order valence-corrected chi connectivity index (χ0v) is 13.0. The summed E-state index contributed by atoms with van der Waals surface area (Å²) in [5.41, 5.74) is 2.05. The molecule has 0 nitrogen and oxygen atoms in total.